The number of rotatable bonds is 9. The Labute approximate surface area is 169 Å². The Morgan fingerprint density at radius 2 is 1.90 bits per heavy atom. The highest BCUT2D eigenvalue weighted by Crippen LogP contribution is 2.32. The smallest absolute Gasteiger partial charge is 0.297 e. The maximum Gasteiger partial charge on any atom is 0.297 e. The number of hydrogen-bond donors (Lipinski definition) is 2. The fourth-order valence-corrected chi connectivity index (χ4v) is 4.53. The molecule has 0 radical (unpaired) electrons. The molecule has 0 fully saturated rings. The molecule has 9 heteroatoms. The third kappa shape index (κ3) is 5.14. The maximum absolute atomic E-state index is 12.8. The Bertz CT molecular complexity index is 1100. The summed E-state index contributed by atoms with van der Waals surface area (Å²) in [6.07, 6.45) is 3.69. The highest BCUT2D eigenvalue weighted by molar-refractivity contribution is 7.89. The minimum Gasteiger partial charge on any atom is -0.315 e. The van der Waals surface area contributed by atoms with Crippen LogP contribution < -0.4 is 10.0 Å². The van der Waals surface area contributed by atoms with Crippen molar-refractivity contribution in [1.29, 1.82) is 0 Å². The van der Waals surface area contributed by atoms with Crippen molar-refractivity contribution in [3.8, 4) is 0 Å². The molecule has 1 heterocycles. The summed E-state index contributed by atoms with van der Waals surface area (Å²) in [5.74, 6) is 0. The summed E-state index contributed by atoms with van der Waals surface area (Å²) in [6, 6.07) is 13.7. The first kappa shape index (κ1) is 20.8. The number of hydrogen-bond acceptors (Lipinski definition) is 6. The summed E-state index contributed by atoms with van der Waals surface area (Å²) >= 11 is 0. The SMILES string of the molecule is CC(CNCCc1ccccc1)NS(=O)(=O)c1ccc2cnccc2c1[N+](=O)[O-]. The zero-order valence-corrected chi connectivity index (χ0v) is 16.7. The van der Waals surface area contributed by atoms with E-state index in [0.717, 1.165) is 6.42 Å². The molecular weight excluding hydrogens is 392 g/mol. The number of aromatic nitrogens is 1. The summed E-state index contributed by atoms with van der Waals surface area (Å²) in [5.41, 5.74) is 0.746. The lowest BCUT2D eigenvalue weighted by Gasteiger charge is -2.15. The van der Waals surface area contributed by atoms with E-state index in [1.165, 1.54) is 36.2 Å². The van der Waals surface area contributed by atoms with E-state index in [9.17, 15) is 18.5 Å². The zero-order chi connectivity index (χ0) is 20.9. The number of nitrogens with one attached hydrogen (secondary N) is 2. The number of nitrogens with zero attached hydrogens (tertiary/aromatic N) is 2. The van der Waals surface area contributed by atoms with Crippen LogP contribution in [0.5, 0.6) is 0 Å². The van der Waals surface area contributed by atoms with E-state index in [2.05, 4.69) is 15.0 Å². The van der Waals surface area contributed by atoms with Crippen LogP contribution in [0, 0.1) is 10.1 Å². The van der Waals surface area contributed by atoms with Crippen LogP contribution in [0.1, 0.15) is 12.5 Å². The summed E-state index contributed by atoms with van der Waals surface area (Å²) in [5, 5.41) is 15.5. The molecule has 8 nitrogen and oxygen atoms in total. The van der Waals surface area contributed by atoms with Gasteiger partial charge in [0, 0.05) is 30.4 Å². The van der Waals surface area contributed by atoms with Crippen LogP contribution in [0.4, 0.5) is 5.69 Å². The van der Waals surface area contributed by atoms with Crippen LogP contribution in [-0.2, 0) is 16.4 Å². The summed E-state index contributed by atoms with van der Waals surface area (Å²) < 4.78 is 28.1. The Hall–Kier alpha value is -2.88. The molecule has 3 aromatic rings. The van der Waals surface area contributed by atoms with Gasteiger partial charge >= 0.3 is 0 Å². The van der Waals surface area contributed by atoms with Crippen molar-refractivity contribution in [2.75, 3.05) is 13.1 Å². The van der Waals surface area contributed by atoms with E-state index in [-0.39, 0.29) is 10.3 Å². The molecular formula is C20H22N4O4S. The quantitative estimate of drug-likeness (QED) is 0.316. The maximum atomic E-state index is 12.8. The highest BCUT2D eigenvalue weighted by atomic mass is 32.2. The van der Waals surface area contributed by atoms with Crippen LogP contribution in [-0.4, -0.2) is 37.5 Å². The van der Waals surface area contributed by atoms with Gasteiger partial charge in [-0.2, -0.15) is 0 Å². The number of fused-ring (bicyclic) bond motifs is 1. The number of pyridine rings is 1. The van der Waals surface area contributed by atoms with E-state index in [0.29, 0.717) is 18.5 Å². The van der Waals surface area contributed by atoms with Crippen LogP contribution in [0.15, 0.2) is 65.8 Å². The first-order valence-electron chi connectivity index (χ1n) is 9.16. The zero-order valence-electron chi connectivity index (χ0n) is 15.9. The Morgan fingerprint density at radius 1 is 1.14 bits per heavy atom. The molecule has 0 saturated carbocycles. The molecule has 1 atom stereocenters. The molecule has 0 aliphatic carbocycles. The van der Waals surface area contributed by atoms with E-state index < -0.39 is 26.7 Å². The van der Waals surface area contributed by atoms with Crippen LogP contribution in [0.2, 0.25) is 0 Å². The van der Waals surface area contributed by atoms with Gasteiger partial charge in [0.1, 0.15) is 0 Å². The van der Waals surface area contributed by atoms with Crippen LogP contribution in [0.3, 0.4) is 0 Å². The van der Waals surface area contributed by atoms with Crippen LogP contribution in [0.25, 0.3) is 10.8 Å². The second-order valence-corrected chi connectivity index (χ2v) is 8.41. The Kier molecular flexibility index (Phi) is 6.53. The molecule has 1 unspecified atom stereocenters. The van der Waals surface area contributed by atoms with E-state index >= 15 is 0 Å². The molecule has 29 heavy (non-hydrogen) atoms. The van der Waals surface area contributed by atoms with Gasteiger partial charge < -0.3 is 5.32 Å². The second kappa shape index (κ2) is 9.08. The molecule has 0 aliphatic heterocycles. The Balaban J connectivity index is 1.69. The van der Waals surface area contributed by atoms with Gasteiger partial charge in [-0.15, -0.1) is 0 Å². The molecule has 3 rings (SSSR count). The van der Waals surface area contributed by atoms with Gasteiger partial charge in [0.15, 0.2) is 4.90 Å². The molecule has 152 valence electrons. The van der Waals surface area contributed by atoms with Crippen molar-refractivity contribution in [3.05, 3.63) is 76.6 Å². The van der Waals surface area contributed by atoms with Crippen molar-refractivity contribution in [2.45, 2.75) is 24.3 Å². The number of benzene rings is 2. The number of nitro groups is 1. The molecule has 0 aliphatic rings. The fraction of sp³-hybridized carbons (Fsp3) is 0.250. The molecule has 2 aromatic carbocycles. The highest BCUT2D eigenvalue weighted by Gasteiger charge is 2.29. The van der Waals surface area contributed by atoms with E-state index in [1.54, 1.807) is 6.92 Å². The van der Waals surface area contributed by atoms with Gasteiger partial charge in [-0.05, 0) is 37.6 Å². The average molecular weight is 414 g/mol. The van der Waals surface area contributed by atoms with Crippen molar-refractivity contribution in [3.63, 3.8) is 0 Å². The molecule has 1 aromatic heterocycles. The predicted molar refractivity (Wildman–Crippen MR) is 111 cm³/mol. The monoisotopic (exact) mass is 414 g/mol. The summed E-state index contributed by atoms with van der Waals surface area (Å²) in [4.78, 5) is 14.5. The lowest BCUT2D eigenvalue weighted by molar-refractivity contribution is -0.386. The fourth-order valence-electron chi connectivity index (χ4n) is 3.10. The van der Waals surface area contributed by atoms with Crippen molar-refractivity contribution < 1.29 is 13.3 Å². The largest absolute Gasteiger partial charge is 0.315 e. The van der Waals surface area contributed by atoms with Crippen molar-refractivity contribution in [1.82, 2.24) is 15.0 Å². The number of sulfonamides is 1. The molecule has 0 saturated heterocycles. The normalized spacial score (nSPS) is 12.7. The number of nitro benzene ring substituents is 1. The Morgan fingerprint density at radius 3 is 2.62 bits per heavy atom. The van der Waals surface area contributed by atoms with Gasteiger partial charge in [-0.3, -0.25) is 15.1 Å². The molecule has 2 N–H and O–H groups in total. The van der Waals surface area contributed by atoms with Gasteiger partial charge in [-0.1, -0.05) is 36.4 Å². The molecule has 0 amide bonds. The lowest BCUT2D eigenvalue weighted by Crippen LogP contribution is -2.40. The van der Waals surface area contributed by atoms with Gasteiger partial charge in [0.2, 0.25) is 10.0 Å². The second-order valence-electron chi connectivity index (χ2n) is 6.73. The van der Waals surface area contributed by atoms with Crippen molar-refractivity contribution >= 4 is 26.5 Å². The summed E-state index contributed by atoms with van der Waals surface area (Å²) in [6.45, 7) is 2.81. The van der Waals surface area contributed by atoms with E-state index in [4.69, 9.17) is 0 Å². The lowest BCUT2D eigenvalue weighted by atomic mass is 10.1. The van der Waals surface area contributed by atoms with Gasteiger partial charge in [-0.25, -0.2) is 13.1 Å². The molecule has 0 spiro atoms. The van der Waals surface area contributed by atoms with Crippen molar-refractivity contribution in [2.24, 2.45) is 0 Å². The topological polar surface area (TPSA) is 114 Å². The first-order valence-corrected chi connectivity index (χ1v) is 10.6. The van der Waals surface area contributed by atoms with E-state index in [1.807, 2.05) is 30.3 Å². The predicted octanol–water partition coefficient (Wildman–Crippen LogP) is 2.64. The third-order valence-corrected chi connectivity index (χ3v) is 6.09. The average Bonchev–Trinajstić information content (AvgIpc) is 2.70. The summed E-state index contributed by atoms with van der Waals surface area (Å²) in [7, 11) is -4.07. The minimum atomic E-state index is -4.07. The standard InChI is InChI=1S/C20H22N4O4S/c1-15(13-21-11-9-16-5-3-2-4-6-16)23-29(27,28)19-8-7-17-14-22-12-10-18(17)20(19)24(25)26/h2-8,10,12,14-15,21,23H,9,11,13H2,1H3. The molecule has 0 bridgehead atoms. The van der Waals surface area contributed by atoms with Crippen LogP contribution >= 0.6 is 0 Å². The third-order valence-electron chi connectivity index (χ3n) is 4.47. The van der Waals surface area contributed by atoms with Gasteiger partial charge in [0.25, 0.3) is 5.69 Å². The first-order chi connectivity index (χ1) is 13.9. The minimum absolute atomic E-state index is 0.238. The van der Waals surface area contributed by atoms with Gasteiger partial charge in [0.05, 0.1) is 10.3 Å².